The Morgan fingerprint density at radius 3 is 2.30 bits per heavy atom. The van der Waals surface area contributed by atoms with Crippen molar-refractivity contribution in [3.8, 4) is 0 Å². The molecule has 2 aliphatic rings. The predicted molar refractivity (Wildman–Crippen MR) is 85.3 cm³/mol. The average Bonchev–Trinajstić information content (AvgIpc) is 2.70. The fourth-order valence-corrected chi connectivity index (χ4v) is 4.91. The molecule has 0 aliphatic carbocycles. The second-order valence-electron chi connectivity index (χ2n) is 8.24. The Kier molecular flexibility index (Phi) is 4.46. The molecule has 0 spiro atoms. The summed E-state index contributed by atoms with van der Waals surface area (Å²) in [6.45, 7) is 11.1. The monoisotopic (exact) mass is 347 g/mol. The predicted octanol–water partition coefficient (Wildman–Crippen LogP) is 2.91. The van der Waals surface area contributed by atoms with Gasteiger partial charge in [0.15, 0.2) is 6.21 Å². The SMILES string of the molecule is CC1(C)COP(=O)(C2(C)CC(C(=O)OC(C)(C)C)C=[N+]2[O-])OC1. The van der Waals surface area contributed by atoms with Crippen molar-refractivity contribution in [2.75, 3.05) is 13.2 Å². The summed E-state index contributed by atoms with van der Waals surface area (Å²) < 4.78 is 29.9. The summed E-state index contributed by atoms with van der Waals surface area (Å²) in [7, 11) is -3.66. The van der Waals surface area contributed by atoms with Gasteiger partial charge in [0.1, 0.15) is 11.5 Å². The molecule has 0 radical (unpaired) electrons. The first-order valence-corrected chi connectivity index (χ1v) is 9.26. The van der Waals surface area contributed by atoms with Crippen molar-refractivity contribution in [2.24, 2.45) is 11.3 Å². The number of hydrogen-bond acceptors (Lipinski definition) is 6. The maximum absolute atomic E-state index is 13.1. The van der Waals surface area contributed by atoms with Gasteiger partial charge in [-0.15, -0.1) is 0 Å². The molecule has 0 amide bonds. The van der Waals surface area contributed by atoms with Gasteiger partial charge in [0.2, 0.25) is 0 Å². The van der Waals surface area contributed by atoms with Crippen LogP contribution in [0.25, 0.3) is 0 Å². The standard InChI is InChI=1S/C15H26NO6P/c1-13(2,3)22-12(17)11-7-15(6,16(18)8-11)23(19)20-9-14(4,5)10-21-23/h8,11H,7,9-10H2,1-6H3. The number of hydroxylamine groups is 1. The van der Waals surface area contributed by atoms with Crippen LogP contribution in [0.3, 0.4) is 0 Å². The van der Waals surface area contributed by atoms with Crippen LogP contribution in [0.4, 0.5) is 0 Å². The molecule has 0 bridgehead atoms. The summed E-state index contributed by atoms with van der Waals surface area (Å²) in [5.41, 5.74) is -0.908. The first kappa shape index (κ1) is 18.4. The molecule has 2 unspecified atom stereocenters. The normalized spacial score (nSPS) is 33.1. The van der Waals surface area contributed by atoms with E-state index in [9.17, 15) is 14.6 Å². The Labute approximate surface area is 137 Å². The van der Waals surface area contributed by atoms with E-state index in [-0.39, 0.29) is 25.0 Å². The van der Waals surface area contributed by atoms with Crippen LogP contribution in [0.15, 0.2) is 0 Å². The molecule has 2 heterocycles. The Morgan fingerprint density at radius 2 is 1.83 bits per heavy atom. The van der Waals surface area contributed by atoms with E-state index in [4.69, 9.17) is 13.8 Å². The molecular weight excluding hydrogens is 321 g/mol. The Morgan fingerprint density at radius 1 is 1.30 bits per heavy atom. The largest absolute Gasteiger partial charge is 0.623 e. The lowest BCUT2D eigenvalue weighted by molar-refractivity contribution is -0.507. The van der Waals surface area contributed by atoms with Gasteiger partial charge in [0.05, 0.1) is 13.2 Å². The van der Waals surface area contributed by atoms with Crippen molar-refractivity contribution >= 4 is 19.8 Å². The number of nitrogens with zero attached hydrogens (tertiary/aromatic N) is 1. The van der Waals surface area contributed by atoms with Crippen molar-refractivity contribution in [1.29, 1.82) is 0 Å². The molecule has 2 aliphatic heterocycles. The van der Waals surface area contributed by atoms with Crippen molar-refractivity contribution in [3.63, 3.8) is 0 Å². The van der Waals surface area contributed by atoms with Crippen LogP contribution in [0, 0.1) is 16.5 Å². The molecule has 1 saturated heterocycles. The van der Waals surface area contributed by atoms with Crippen LogP contribution in [0.5, 0.6) is 0 Å². The highest BCUT2D eigenvalue weighted by molar-refractivity contribution is 7.55. The second kappa shape index (κ2) is 5.57. The van der Waals surface area contributed by atoms with E-state index < -0.39 is 30.4 Å². The lowest BCUT2D eigenvalue weighted by Crippen LogP contribution is -2.40. The molecule has 1 fully saturated rings. The summed E-state index contributed by atoms with van der Waals surface area (Å²) in [6.07, 6.45) is 1.25. The third-order valence-corrected chi connectivity index (χ3v) is 6.44. The summed E-state index contributed by atoms with van der Waals surface area (Å²) in [4.78, 5) is 12.2. The van der Waals surface area contributed by atoms with Gasteiger partial charge < -0.3 is 19.0 Å². The van der Waals surface area contributed by atoms with Crippen LogP contribution >= 0.6 is 7.60 Å². The molecule has 2 atom stereocenters. The molecular formula is C15H26NO6P. The van der Waals surface area contributed by atoms with Gasteiger partial charge in [-0.2, -0.15) is 4.74 Å². The first-order chi connectivity index (χ1) is 10.3. The van der Waals surface area contributed by atoms with Crippen LogP contribution in [0.2, 0.25) is 0 Å². The molecule has 0 aromatic heterocycles. The molecule has 23 heavy (non-hydrogen) atoms. The van der Waals surface area contributed by atoms with E-state index in [1.165, 1.54) is 13.1 Å². The first-order valence-electron chi connectivity index (χ1n) is 7.72. The third-order valence-electron chi connectivity index (χ3n) is 3.95. The Balaban J connectivity index is 2.17. The molecule has 132 valence electrons. The van der Waals surface area contributed by atoms with Crippen molar-refractivity contribution in [2.45, 2.75) is 58.8 Å². The number of ether oxygens (including phenoxy) is 1. The minimum Gasteiger partial charge on any atom is -0.623 e. The fourth-order valence-electron chi connectivity index (χ4n) is 2.51. The van der Waals surface area contributed by atoms with Gasteiger partial charge in [-0.05, 0) is 20.8 Å². The zero-order valence-corrected chi connectivity index (χ0v) is 15.5. The van der Waals surface area contributed by atoms with E-state index >= 15 is 0 Å². The van der Waals surface area contributed by atoms with E-state index in [1.54, 1.807) is 20.8 Å². The number of rotatable bonds is 2. The number of esters is 1. The number of carbonyl (C=O) groups is 1. The van der Waals surface area contributed by atoms with Crippen molar-refractivity contribution in [3.05, 3.63) is 5.21 Å². The number of carbonyl (C=O) groups excluding carboxylic acids is 1. The Hall–Kier alpha value is -0.910. The minimum atomic E-state index is -3.66. The highest BCUT2D eigenvalue weighted by Crippen LogP contribution is 2.66. The van der Waals surface area contributed by atoms with Crippen LogP contribution < -0.4 is 0 Å². The van der Waals surface area contributed by atoms with Gasteiger partial charge in [-0.3, -0.25) is 9.36 Å². The van der Waals surface area contributed by atoms with Crippen LogP contribution in [0.1, 0.15) is 48.0 Å². The molecule has 2 rings (SSSR count). The minimum absolute atomic E-state index is 0.0448. The summed E-state index contributed by atoms with van der Waals surface area (Å²) in [5.74, 6) is -1.27. The highest BCUT2D eigenvalue weighted by Gasteiger charge is 2.62. The van der Waals surface area contributed by atoms with E-state index in [1.807, 2.05) is 13.8 Å². The summed E-state index contributed by atoms with van der Waals surface area (Å²) >= 11 is 0. The average molecular weight is 347 g/mol. The fraction of sp³-hybridized carbons (Fsp3) is 0.867. The van der Waals surface area contributed by atoms with E-state index in [2.05, 4.69) is 0 Å². The molecule has 0 saturated carbocycles. The van der Waals surface area contributed by atoms with Gasteiger partial charge in [-0.1, -0.05) is 13.8 Å². The quantitative estimate of drug-likeness (QED) is 0.330. The molecule has 7 nitrogen and oxygen atoms in total. The molecule has 0 aromatic rings. The van der Waals surface area contributed by atoms with Gasteiger partial charge >= 0.3 is 13.6 Å². The topological polar surface area (TPSA) is 87.9 Å². The zero-order valence-electron chi connectivity index (χ0n) is 14.6. The second-order valence-corrected chi connectivity index (χ2v) is 10.7. The summed E-state index contributed by atoms with van der Waals surface area (Å²) in [6, 6.07) is 0. The smallest absolute Gasteiger partial charge is 0.401 e. The number of hydrogen-bond donors (Lipinski definition) is 0. The van der Waals surface area contributed by atoms with E-state index in [0.717, 1.165) is 0 Å². The molecule has 8 heteroatoms. The van der Waals surface area contributed by atoms with Crippen LogP contribution in [-0.2, 0) is 23.1 Å². The zero-order chi connectivity index (χ0) is 17.7. The Bertz CT molecular complexity index is 565. The van der Waals surface area contributed by atoms with Crippen molar-refractivity contribution in [1.82, 2.24) is 0 Å². The van der Waals surface area contributed by atoms with Gasteiger partial charge in [0, 0.05) is 18.8 Å². The van der Waals surface area contributed by atoms with Crippen molar-refractivity contribution < 1.29 is 27.9 Å². The molecule has 0 N–H and O–H groups in total. The van der Waals surface area contributed by atoms with E-state index in [0.29, 0.717) is 4.74 Å². The van der Waals surface area contributed by atoms with Crippen LogP contribution in [-0.4, -0.2) is 41.0 Å². The maximum Gasteiger partial charge on any atom is 0.401 e. The lowest BCUT2D eigenvalue weighted by atomic mass is 9.97. The summed E-state index contributed by atoms with van der Waals surface area (Å²) in [5, 5.41) is 11.0. The van der Waals surface area contributed by atoms with Gasteiger partial charge in [0.25, 0.3) is 5.28 Å². The molecule has 0 aromatic carbocycles. The van der Waals surface area contributed by atoms with Gasteiger partial charge in [-0.25, -0.2) is 0 Å². The highest BCUT2D eigenvalue weighted by atomic mass is 31.2. The lowest BCUT2D eigenvalue weighted by Gasteiger charge is -2.39. The maximum atomic E-state index is 13.1. The third kappa shape index (κ3) is 3.62.